The van der Waals surface area contributed by atoms with E-state index in [0.29, 0.717) is 17.3 Å². The molecule has 1 aliphatic carbocycles. The maximum atomic E-state index is 14.8. The molecule has 2 heterocycles. The van der Waals surface area contributed by atoms with Gasteiger partial charge in [-0.3, -0.25) is 5.41 Å². The number of nitrogens with one attached hydrogen (secondary N) is 1. The van der Waals surface area contributed by atoms with Gasteiger partial charge in [-0.1, -0.05) is 35.2 Å². The quantitative estimate of drug-likeness (QED) is 0.646. The summed E-state index contributed by atoms with van der Waals surface area (Å²) in [4.78, 5) is 0. The van der Waals surface area contributed by atoms with Gasteiger partial charge >= 0.3 is 0 Å². The van der Waals surface area contributed by atoms with Gasteiger partial charge in [-0.25, -0.2) is 4.39 Å². The highest BCUT2D eigenvalue weighted by molar-refractivity contribution is 9.10. The maximum absolute atomic E-state index is 14.8. The first-order valence-electron chi connectivity index (χ1n) is 9.55. The van der Waals surface area contributed by atoms with Gasteiger partial charge in [-0.15, -0.1) is 0 Å². The Morgan fingerprint density at radius 2 is 1.83 bits per heavy atom. The molecular weight excluding hydrogens is 439 g/mol. The number of benzene rings is 1. The fraction of sp³-hybridized carbons (Fsp3) is 0.524. The van der Waals surface area contributed by atoms with E-state index in [0.717, 1.165) is 25.7 Å². The van der Waals surface area contributed by atoms with Crippen LogP contribution in [0.5, 0.6) is 0 Å². The molecule has 1 N–H and O–H groups in total. The summed E-state index contributed by atoms with van der Waals surface area (Å²) in [6, 6.07) is 10.2. The molecule has 2 aliphatic heterocycles. The van der Waals surface area contributed by atoms with Crippen molar-refractivity contribution in [2.75, 3.05) is 0 Å². The van der Waals surface area contributed by atoms with Gasteiger partial charge in [0, 0.05) is 16.5 Å². The molecule has 3 fully saturated rings. The molecule has 0 amide bonds. The number of rotatable bonds is 1. The third-order valence-electron chi connectivity index (χ3n) is 6.56. The van der Waals surface area contributed by atoms with Gasteiger partial charge in [-0.05, 0) is 31.0 Å². The molecule has 4 atom stereocenters. The van der Waals surface area contributed by atoms with E-state index in [4.69, 9.17) is 14.9 Å². The Hall–Kier alpha value is -2.47. The minimum absolute atomic E-state index is 0.000263. The second-order valence-corrected chi connectivity index (χ2v) is 8.78. The number of nitrogens with zero attached hydrogens (tertiary/aromatic N) is 3. The first-order chi connectivity index (χ1) is 13.9. The normalized spacial score (nSPS) is 35.1. The van der Waals surface area contributed by atoms with Crippen molar-refractivity contribution in [1.82, 2.24) is 0 Å². The minimum Gasteiger partial charge on any atom is -0.447 e. The molecule has 0 radical (unpaired) electrons. The summed E-state index contributed by atoms with van der Waals surface area (Å²) in [5.41, 5.74) is -3.95. The van der Waals surface area contributed by atoms with Crippen molar-refractivity contribution in [2.45, 2.75) is 50.4 Å². The van der Waals surface area contributed by atoms with Crippen molar-refractivity contribution >= 4 is 21.8 Å². The molecule has 1 aromatic carbocycles. The van der Waals surface area contributed by atoms with Crippen LogP contribution in [0.1, 0.15) is 50.2 Å². The summed E-state index contributed by atoms with van der Waals surface area (Å²) in [6.45, 7) is 0. The van der Waals surface area contributed by atoms with Crippen molar-refractivity contribution in [3.05, 3.63) is 34.1 Å². The molecule has 6 nitrogen and oxygen atoms in total. The Kier molecular flexibility index (Phi) is 4.65. The Labute approximate surface area is 176 Å². The van der Waals surface area contributed by atoms with Crippen molar-refractivity contribution in [2.24, 2.45) is 16.7 Å². The van der Waals surface area contributed by atoms with E-state index < -0.39 is 40.4 Å². The van der Waals surface area contributed by atoms with E-state index in [-0.39, 0.29) is 5.56 Å². The first kappa shape index (κ1) is 19.8. The zero-order valence-electron chi connectivity index (χ0n) is 15.5. The Bertz CT molecular complexity index is 995. The van der Waals surface area contributed by atoms with Crippen LogP contribution in [0, 0.1) is 62.0 Å². The Balaban J connectivity index is 2.02. The fourth-order valence-electron chi connectivity index (χ4n) is 5.21. The lowest BCUT2D eigenvalue weighted by Gasteiger charge is -2.50. The predicted molar refractivity (Wildman–Crippen MR) is 102 cm³/mol. The Morgan fingerprint density at radius 1 is 1.10 bits per heavy atom. The smallest absolute Gasteiger partial charge is 0.217 e. The van der Waals surface area contributed by atoms with E-state index in [1.807, 2.05) is 12.1 Å². The van der Waals surface area contributed by atoms with Crippen molar-refractivity contribution in [3.8, 4) is 18.2 Å². The monoisotopic (exact) mass is 456 g/mol. The zero-order chi connectivity index (χ0) is 20.9. The summed E-state index contributed by atoms with van der Waals surface area (Å²) >= 11 is 3.30. The molecule has 3 aliphatic rings. The predicted octanol–water partition coefficient (Wildman–Crippen LogP) is 4.88. The van der Waals surface area contributed by atoms with Gasteiger partial charge in [0.2, 0.25) is 17.1 Å². The molecule has 1 saturated carbocycles. The van der Waals surface area contributed by atoms with E-state index in [1.54, 1.807) is 0 Å². The van der Waals surface area contributed by atoms with Crippen LogP contribution in [0.4, 0.5) is 4.39 Å². The van der Waals surface area contributed by atoms with E-state index in [2.05, 4.69) is 22.0 Å². The van der Waals surface area contributed by atoms with Crippen LogP contribution in [-0.4, -0.2) is 11.7 Å². The molecule has 8 heteroatoms. The SMILES string of the molecule is N#CC1(C#N)C(c2cc(Br)ccc2F)OC23CCCCCCC2C1(C#N)C(=N)O3. The van der Waals surface area contributed by atoms with Gasteiger partial charge in [0.15, 0.2) is 5.41 Å². The summed E-state index contributed by atoms with van der Waals surface area (Å²) < 4.78 is 27.6. The van der Waals surface area contributed by atoms with Gasteiger partial charge < -0.3 is 9.47 Å². The standard InChI is InChI=1S/C21H18BrFN4O2/c22-13-6-7-15(23)14(9-13)17-19(10-24,11-25)20(12-26)16-5-3-1-2-4-8-21(16,28-17)29-18(20)27/h6-7,9,16-17,27H,1-5,8H2. The third kappa shape index (κ3) is 2.41. The lowest BCUT2D eigenvalue weighted by atomic mass is 9.52. The molecule has 1 aromatic rings. The maximum Gasteiger partial charge on any atom is 0.217 e. The molecule has 29 heavy (non-hydrogen) atoms. The molecule has 2 bridgehead atoms. The van der Waals surface area contributed by atoms with E-state index >= 15 is 0 Å². The van der Waals surface area contributed by atoms with Crippen molar-refractivity contribution in [1.29, 1.82) is 21.2 Å². The molecular formula is C21H18BrFN4O2. The molecule has 4 rings (SSSR count). The number of nitriles is 3. The largest absolute Gasteiger partial charge is 0.447 e. The van der Waals surface area contributed by atoms with E-state index in [1.165, 1.54) is 18.2 Å². The number of hydrogen-bond acceptors (Lipinski definition) is 6. The van der Waals surface area contributed by atoms with Gasteiger partial charge in [0.05, 0.1) is 24.1 Å². The highest BCUT2D eigenvalue weighted by atomic mass is 79.9. The average Bonchev–Trinajstić information content (AvgIpc) is 2.87. The van der Waals surface area contributed by atoms with Gasteiger partial charge in [0.1, 0.15) is 11.9 Å². The van der Waals surface area contributed by atoms with Gasteiger partial charge in [-0.2, -0.15) is 15.8 Å². The molecule has 0 aromatic heterocycles. The van der Waals surface area contributed by atoms with Crippen molar-refractivity contribution in [3.63, 3.8) is 0 Å². The highest BCUT2D eigenvalue weighted by Crippen LogP contribution is 2.68. The molecule has 0 spiro atoms. The van der Waals surface area contributed by atoms with Crippen LogP contribution in [0.15, 0.2) is 22.7 Å². The summed E-state index contributed by atoms with van der Waals surface area (Å²) in [5.74, 6) is -3.02. The lowest BCUT2D eigenvalue weighted by Crippen LogP contribution is -2.59. The average molecular weight is 457 g/mol. The number of hydrogen-bond donors (Lipinski definition) is 1. The van der Waals surface area contributed by atoms with Crippen LogP contribution in [0.25, 0.3) is 0 Å². The van der Waals surface area contributed by atoms with Gasteiger partial charge in [0.25, 0.3) is 0 Å². The summed E-state index contributed by atoms with van der Waals surface area (Å²) in [6.07, 6.45) is 2.98. The van der Waals surface area contributed by atoms with Crippen molar-refractivity contribution < 1.29 is 13.9 Å². The topological polar surface area (TPSA) is 114 Å². The minimum atomic E-state index is -2.12. The second-order valence-electron chi connectivity index (χ2n) is 7.86. The zero-order valence-corrected chi connectivity index (χ0v) is 17.1. The summed E-state index contributed by atoms with van der Waals surface area (Å²) in [5, 5.41) is 39.2. The van der Waals surface area contributed by atoms with Crippen LogP contribution in [-0.2, 0) is 9.47 Å². The highest BCUT2D eigenvalue weighted by Gasteiger charge is 2.80. The molecule has 148 valence electrons. The van der Waals surface area contributed by atoms with Crippen LogP contribution in [0.3, 0.4) is 0 Å². The molecule has 2 saturated heterocycles. The van der Waals surface area contributed by atoms with Crippen LogP contribution in [0.2, 0.25) is 0 Å². The fourth-order valence-corrected chi connectivity index (χ4v) is 5.59. The third-order valence-corrected chi connectivity index (χ3v) is 7.05. The second kappa shape index (κ2) is 6.80. The van der Waals surface area contributed by atoms with Crippen LogP contribution >= 0.6 is 15.9 Å². The number of halogens is 2. The summed E-state index contributed by atoms with van der Waals surface area (Å²) in [7, 11) is 0. The van der Waals surface area contributed by atoms with E-state index in [9.17, 15) is 20.2 Å². The van der Waals surface area contributed by atoms with Crippen LogP contribution < -0.4 is 0 Å². The Morgan fingerprint density at radius 3 is 2.52 bits per heavy atom. The lowest BCUT2D eigenvalue weighted by molar-refractivity contribution is -0.289. The molecule has 4 unspecified atom stereocenters. The number of ether oxygens (including phenoxy) is 2. The first-order valence-corrected chi connectivity index (χ1v) is 10.3.